The standard InChI is InChI=1S/C24H23ClN2O5/c1-30-13-12-26-24(29)21(27-23(28)16-6-8-19(31-2)9-7-16)15-20-10-11-22(32-20)17-4-3-5-18(25)14-17/h3-11,14-15H,12-13H2,1-2H3,(H,26,29)(H,27,28)/b21-15-. The quantitative estimate of drug-likeness (QED) is 0.374. The van der Waals surface area contributed by atoms with Crippen molar-refractivity contribution in [3.05, 3.63) is 82.7 Å². The molecule has 0 saturated heterocycles. The van der Waals surface area contributed by atoms with Crippen LogP contribution in [0.25, 0.3) is 17.4 Å². The molecule has 0 radical (unpaired) electrons. The van der Waals surface area contributed by atoms with Gasteiger partial charge in [0.1, 0.15) is 23.0 Å². The van der Waals surface area contributed by atoms with Crippen LogP contribution in [0.15, 0.2) is 70.8 Å². The van der Waals surface area contributed by atoms with E-state index < -0.39 is 11.8 Å². The lowest BCUT2D eigenvalue weighted by atomic mass is 10.2. The first-order valence-corrected chi connectivity index (χ1v) is 10.2. The Labute approximate surface area is 191 Å². The molecule has 2 amide bonds. The first-order chi connectivity index (χ1) is 15.5. The minimum Gasteiger partial charge on any atom is -0.497 e. The summed E-state index contributed by atoms with van der Waals surface area (Å²) in [6, 6.07) is 17.3. The number of furan rings is 1. The Balaban J connectivity index is 1.84. The zero-order valence-corrected chi connectivity index (χ0v) is 18.4. The van der Waals surface area contributed by atoms with Crippen LogP contribution in [0.3, 0.4) is 0 Å². The predicted octanol–water partition coefficient (Wildman–Crippen LogP) is 4.14. The van der Waals surface area contributed by atoms with Crippen LogP contribution in [0.5, 0.6) is 5.75 Å². The third kappa shape index (κ3) is 6.23. The number of rotatable bonds is 9. The number of nitrogens with one attached hydrogen (secondary N) is 2. The molecule has 0 bridgehead atoms. The minimum absolute atomic E-state index is 0.0360. The summed E-state index contributed by atoms with van der Waals surface area (Å²) in [6.07, 6.45) is 1.47. The molecule has 0 aliphatic heterocycles. The van der Waals surface area contributed by atoms with Crippen molar-refractivity contribution in [3.8, 4) is 17.1 Å². The highest BCUT2D eigenvalue weighted by atomic mass is 35.5. The van der Waals surface area contributed by atoms with Crippen LogP contribution in [-0.4, -0.2) is 39.2 Å². The van der Waals surface area contributed by atoms with E-state index >= 15 is 0 Å². The minimum atomic E-state index is -0.468. The fourth-order valence-electron chi connectivity index (χ4n) is 2.83. The van der Waals surface area contributed by atoms with Crippen molar-refractivity contribution < 1.29 is 23.5 Å². The maximum absolute atomic E-state index is 12.7. The molecule has 0 aliphatic rings. The Hall–Kier alpha value is -3.55. The maximum Gasteiger partial charge on any atom is 0.268 e. The summed E-state index contributed by atoms with van der Waals surface area (Å²) in [5.41, 5.74) is 1.21. The molecule has 32 heavy (non-hydrogen) atoms. The Morgan fingerprint density at radius 1 is 1.06 bits per heavy atom. The molecule has 0 atom stereocenters. The normalized spacial score (nSPS) is 11.2. The molecular formula is C24H23ClN2O5. The van der Waals surface area contributed by atoms with Crippen LogP contribution >= 0.6 is 11.6 Å². The zero-order valence-electron chi connectivity index (χ0n) is 17.7. The van der Waals surface area contributed by atoms with Gasteiger partial charge in [-0.2, -0.15) is 0 Å². The number of hydrogen-bond acceptors (Lipinski definition) is 5. The number of carbonyl (C=O) groups excluding carboxylic acids is 2. The highest BCUT2D eigenvalue weighted by Gasteiger charge is 2.16. The second-order valence-corrected chi connectivity index (χ2v) is 7.14. The van der Waals surface area contributed by atoms with Gasteiger partial charge in [0, 0.05) is 35.9 Å². The van der Waals surface area contributed by atoms with Crippen molar-refractivity contribution in [2.45, 2.75) is 0 Å². The van der Waals surface area contributed by atoms with Crippen LogP contribution in [0.2, 0.25) is 5.02 Å². The average molecular weight is 455 g/mol. The van der Waals surface area contributed by atoms with Gasteiger partial charge < -0.3 is 24.5 Å². The molecule has 1 aromatic heterocycles. The van der Waals surface area contributed by atoms with E-state index in [2.05, 4.69) is 10.6 Å². The van der Waals surface area contributed by atoms with Crippen molar-refractivity contribution in [2.24, 2.45) is 0 Å². The molecule has 0 unspecified atom stereocenters. The van der Waals surface area contributed by atoms with Crippen LogP contribution in [0.4, 0.5) is 0 Å². The number of carbonyl (C=O) groups is 2. The van der Waals surface area contributed by atoms with Crippen LogP contribution in [0, 0.1) is 0 Å². The van der Waals surface area contributed by atoms with Gasteiger partial charge in [-0.1, -0.05) is 23.7 Å². The van der Waals surface area contributed by atoms with E-state index in [1.807, 2.05) is 12.1 Å². The number of methoxy groups -OCH3 is 2. The molecule has 0 fully saturated rings. The summed E-state index contributed by atoms with van der Waals surface area (Å²) in [6.45, 7) is 0.627. The van der Waals surface area contributed by atoms with Gasteiger partial charge in [-0.15, -0.1) is 0 Å². The van der Waals surface area contributed by atoms with E-state index in [1.165, 1.54) is 13.2 Å². The highest BCUT2D eigenvalue weighted by molar-refractivity contribution is 6.30. The molecule has 0 aliphatic carbocycles. The third-order valence-electron chi connectivity index (χ3n) is 4.46. The average Bonchev–Trinajstić information content (AvgIpc) is 3.27. The first-order valence-electron chi connectivity index (χ1n) is 9.80. The van der Waals surface area contributed by atoms with E-state index in [4.69, 9.17) is 25.5 Å². The van der Waals surface area contributed by atoms with E-state index in [0.717, 1.165) is 5.56 Å². The number of ether oxygens (including phenoxy) is 2. The van der Waals surface area contributed by atoms with Crippen molar-refractivity contribution in [3.63, 3.8) is 0 Å². The van der Waals surface area contributed by atoms with Crippen molar-refractivity contribution in [1.29, 1.82) is 0 Å². The zero-order chi connectivity index (χ0) is 22.9. The Kier molecular flexibility index (Phi) is 8.08. The van der Waals surface area contributed by atoms with E-state index in [1.54, 1.807) is 55.6 Å². The summed E-state index contributed by atoms with van der Waals surface area (Å²) >= 11 is 6.05. The summed E-state index contributed by atoms with van der Waals surface area (Å²) in [4.78, 5) is 25.4. The maximum atomic E-state index is 12.7. The molecular weight excluding hydrogens is 432 g/mol. The molecule has 0 spiro atoms. The molecule has 166 valence electrons. The van der Waals surface area contributed by atoms with Gasteiger partial charge in [0.25, 0.3) is 11.8 Å². The largest absolute Gasteiger partial charge is 0.497 e. The highest BCUT2D eigenvalue weighted by Crippen LogP contribution is 2.25. The summed E-state index contributed by atoms with van der Waals surface area (Å²) < 4.78 is 15.9. The van der Waals surface area contributed by atoms with Crippen molar-refractivity contribution in [1.82, 2.24) is 10.6 Å². The first kappa shape index (κ1) is 23.1. The summed E-state index contributed by atoms with van der Waals surface area (Å²) in [5.74, 6) is 0.692. The molecule has 2 aromatic carbocycles. The lowest BCUT2D eigenvalue weighted by Gasteiger charge is -2.11. The lowest BCUT2D eigenvalue weighted by Crippen LogP contribution is -2.36. The fourth-order valence-corrected chi connectivity index (χ4v) is 3.02. The topological polar surface area (TPSA) is 89.8 Å². The Morgan fingerprint density at radius 3 is 2.53 bits per heavy atom. The number of hydrogen-bond donors (Lipinski definition) is 2. The molecule has 1 heterocycles. The van der Waals surface area contributed by atoms with E-state index in [0.29, 0.717) is 34.5 Å². The molecule has 7 nitrogen and oxygen atoms in total. The molecule has 3 aromatic rings. The van der Waals surface area contributed by atoms with Crippen molar-refractivity contribution in [2.75, 3.05) is 27.4 Å². The van der Waals surface area contributed by atoms with Gasteiger partial charge in [-0.25, -0.2) is 0 Å². The summed E-state index contributed by atoms with van der Waals surface area (Å²) in [5, 5.41) is 5.93. The van der Waals surface area contributed by atoms with Crippen molar-refractivity contribution >= 4 is 29.5 Å². The molecule has 8 heteroatoms. The number of amides is 2. The third-order valence-corrected chi connectivity index (χ3v) is 4.69. The van der Waals surface area contributed by atoms with Gasteiger partial charge in [0.15, 0.2) is 0 Å². The molecule has 2 N–H and O–H groups in total. The van der Waals surface area contributed by atoms with E-state index in [-0.39, 0.29) is 12.2 Å². The second-order valence-electron chi connectivity index (χ2n) is 6.70. The monoisotopic (exact) mass is 454 g/mol. The van der Waals surface area contributed by atoms with Gasteiger partial charge in [0.2, 0.25) is 0 Å². The van der Waals surface area contributed by atoms with Gasteiger partial charge in [0.05, 0.1) is 13.7 Å². The molecule has 3 rings (SSSR count). The predicted molar refractivity (Wildman–Crippen MR) is 122 cm³/mol. The Bertz CT molecular complexity index is 1110. The lowest BCUT2D eigenvalue weighted by molar-refractivity contribution is -0.117. The van der Waals surface area contributed by atoms with Crippen LogP contribution < -0.4 is 15.4 Å². The Morgan fingerprint density at radius 2 is 1.84 bits per heavy atom. The molecule has 0 saturated carbocycles. The van der Waals surface area contributed by atoms with Crippen LogP contribution in [-0.2, 0) is 9.53 Å². The fraction of sp³-hybridized carbons (Fsp3) is 0.167. The van der Waals surface area contributed by atoms with E-state index in [9.17, 15) is 9.59 Å². The van der Waals surface area contributed by atoms with Gasteiger partial charge in [-0.05, 0) is 48.5 Å². The van der Waals surface area contributed by atoms with Gasteiger partial charge >= 0.3 is 0 Å². The number of benzene rings is 2. The smallest absolute Gasteiger partial charge is 0.268 e. The summed E-state index contributed by atoms with van der Waals surface area (Å²) in [7, 11) is 3.08. The second kappa shape index (κ2) is 11.2. The van der Waals surface area contributed by atoms with Gasteiger partial charge in [-0.3, -0.25) is 9.59 Å². The number of halogens is 1. The SMILES string of the molecule is COCCNC(=O)/C(=C/c1ccc(-c2cccc(Cl)c2)o1)NC(=O)c1ccc(OC)cc1. The van der Waals surface area contributed by atoms with Crippen LogP contribution in [0.1, 0.15) is 16.1 Å².